The molecule has 0 saturated carbocycles. The van der Waals surface area contributed by atoms with Crippen molar-refractivity contribution in [1.29, 1.82) is 0 Å². The number of carbonyl (C=O) groups excluding carboxylic acids is 1. The van der Waals surface area contributed by atoms with Crippen LogP contribution >= 0.6 is 12.4 Å². The number of nitrogens with one attached hydrogen (secondary N) is 1. The number of likely N-dealkylation sites (N-methyl/N-ethyl adjacent to an activating group) is 1. The van der Waals surface area contributed by atoms with Crippen LogP contribution in [0.3, 0.4) is 0 Å². The predicted molar refractivity (Wildman–Crippen MR) is 85.9 cm³/mol. The van der Waals surface area contributed by atoms with Gasteiger partial charge in [-0.1, -0.05) is 20.8 Å². The fraction of sp³-hybridized carbons (Fsp3) is 0.533. The molecule has 1 rings (SSSR count). The lowest BCUT2D eigenvalue weighted by molar-refractivity contribution is -0.117. The van der Waals surface area contributed by atoms with Gasteiger partial charge in [0.05, 0.1) is 13.2 Å². The summed E-state index contributed by atoms with van der Waals surface area (Å²) in [6.07, 6.45) is 0.988. The first-order valence-corrected chi connectivity index (χ1v) is 6.94. The van der Waals surface area contributed by atoms with Gasteiger partial charge in [0, 0.05) is 5.69 Å². The molecule has 0 unspecified atom stereocenters. The molecule has 20 heavy (non-hydrogen) atoms. The SMILES string of the molecule is CCCOc1ccc(NC(=O)CN(CC)CC)cc1.Cl. The minimum atomic E-state index is 0. The number of hydrogen-bond acceptors (Lipinski definition) is 3. The molecular formula is C15H25ClN2O2. The van der Waals surface area contributed by atoms with Crippen molar-refractivity contribution in [3.63, 3.8) is 0 Å². The van der Waals surface area contributed by atoms with E-state index in [1.807, 2.05) is 24.3 Å². The van der Waals surface area contributed by atoms with E-state index in [0.29, 0.717) is 13.2 Å². The van der Waals surface area contributed by atoms with E-state index in [1.54, 1.807) is 0 Å². The normalized spacial score (nSPS) is 10.0. The summed E-state index contributed by atoms with van der Waals surface area (Å²) in [4.78, 5) is 13.9. The van der Waals surface area contributed by atoms with Gasteiger partial charge in [0.15, 0.2) is 0 Å². The Morgan fingerprint density at radius 1 is 1.15 bits per heavy atom. The van der Waals surface area contributed by atoms with E-state index < -0.39 is 0 Å². The summed E-state index contributed by atoms with van der Waals surface area (Å²) in [5, 5.41) is 2.89. The van der Waals surface area contributed by atoms with Crippen molar-refractivity contribution in [1.82, 2.24) is 4.90 Å². The maximum Gasteiger partial charge on any atom is 0.238 e. The molecule has 0 aliphatic heterocycles. The van der Waals surface area contributed by atoms with Crippen molar-refractivity contribution >= 4 is 24.0 Å². The molecule has 0 radical (unpaired) electrons. The van der Waals surface area contributed by atoms with Gasteiger partial charge in [-0.2, -0.15) is 0 Å². The van der Waals surface area contributed by atoms with Crippen molar-refractivity contribution in [2.24, 2.45) is 0 Å². The number of ether oxygens (including phenoxy) is 1. The zero-order chi connectivity index (χ0) is 14.1. The van der Waals surface area contributed by atoms with E-state index in [1.165, 1.54) is 0 Å². The first-order valence-electron chi connectivity index (χ1n) is 6.94. The summed E-state index contributed by atoms with van der Waals surface area (Å²) in [6.45, 7) is 9.09. The Kier molecular flexibility index (Phi) is 9.86. The second-order valence-electron chi connectivity index (χ2n) is 4.38. The number of carbonyl (C=O) groups is 1. The summed E-state index contributed by atoms with van der Waals surface area (Å²) in [5.41, 5.74) is 0.806. The predicted octanol–water partition coefficient (Wildman–Crippen LogP) is 3.18. The third-order valence-electron chi connectivity index (χ3n) is 2.87. The molecule has 0 heterocycles. The fourth-order valence-corrected chi connectivity index (χ4v) is 1.71. The molecule has 1 amide bonds. The first kappa shape index (κ1) is 18.7. The molecule has 1 N–H and O–H groups in total. The standard InChI is InChI=1S/C15H24N2O2.ClH/c1-4-11-19-14-9-7-13(8-10-14)16-15(18)12-17(5-2)6-3;/h7-10H,4-6,11-12H2,1-3H3,(H,16,18);1H. The first-order chi connectivity index (χ1) is 9.19. The minimum absolute atomic E-state index is 0. The average molecular weight is 301 g/mol. The Balaban J connectivity index is 0.00000361. The summed E-state index contributed by atoms with van der Waals surface area (Å²) in [6, 6.07) is 7.49. The van der Waals surface area contributed by atoms with E-state index in [9.17, 15) is 4.79 Å². The molecule has 0 bridgehead atoms. The number of hydrogen-bond donors (Lipinski definition) is 1. The van der Waals surface area contributed by atoms with Crippen LogP contribution in [0.15, 0.2) is 24.3 Å². The largest absolute Gasteiger partial charge is 0.494 e. The molecule has 0 fully saturated rings. The number of amides is 1. The highest BCUT2D eigenvalue weighted by atomic mass is 35.5. The Morgan fingerprint density at radius 2 is 1.75 bits per heavy atom. The lowest BCUT2D eigenvalue weighted by atomic mass is 10.3. The molecule has 0 aliphatic rings. The Bertz CT molecular complexity index is 378. The number of rotatable bonds is 8. The van der Waals surface area contributed by atoms with Gasteiger partial charge in [-0.15, -0.1) is 12.4 Å². The number of anilines is 1. The molecule has 114 valence electrons. The summed E-state index contributed by atoms with van der Waals surface area (Å²) >= 11 is 0. The van der Waals surface area contributed by atoms with Crippen molar-refractivity contribution in [2.75, 3.05) is 31.6 Å². The molecule has 5 heteroatoms. The van der Waals surface area contributed by atoms with Gasteiger partial charge in [0.2, 0.25) is 5.91 Å². The highest BCUT2D eigenvalue weighted by Gasteiger charge is 2.07. The van der Waals surface area contributed by atoms with Crippen LogP contribution in [0.2, 0.25) is 0 Å². The second-order valence-corrected chi connectivity index (χ2v) is 4.38. The Hall–Kier alpha value is -1.26. The van der Waals surface area contributed by atoms with Gasteiger partial charge in [-0.3, -0.25) is 9.69 Å². The molecular weight excluding hydrogens is 276 g/mol. The van der Waals surface area contributed by atoms with Crippen LogP contribution in [0.25, 0.3) is 0 Å². The highest BCUT2D eigenvalue weighted by Crippen LogP contribution is 2.15. The number of halogens is 1. The summed E-state index contributed by atoms with van der Waals surface area (Å²) < 4.78 is 5.49. The molecule has 0 saturated heterocycles. The molecule has 0 spiro atoms. The fourth-order valence-electron chi connectivity index (χ4n) is 1.71. The lowest BCUT2D eigenvalue weighted by Gasteiger charge is -2.17. The van der Waals surface area contributed by atoms with Crippen LogP contribution in [-0.2, 0) is 4.79 Å². The molecule has 1 aromatic carbocycles. The monoisotopic (exact) mass is 300 g/mol. The van der Waals surface area contributed by atoms with Gasteiger partial charge in [-0.25, -0.2) is 0 Å². The third kappa shape index (κ3) is 6.78. The van der Waals surface area contributed by atoms with Gasteiger partial charge in [0.25, 0.3) is 0 Å². The zero-order valence-electron chi connectivity index (χ0n) is 12.5. The molecule has 1 aromatic rings. The smallest absolute Gasteiger partial charge is 0.238 e. The number of nitrogens with zero attached hydrogens (tertiary/aromatic N) is 1. The van der Waals surface area contributed by atoms with E-state index in [2.05, 4.69) is 31.0 Å². The van der Waals surface area contributed by atoms with Crippen LogP contribution in [0.5, 0.6) is 5.75 Å². The van der Waals surface area contributed by atoms with Crippen molar-refractivity contribution in [3.8, 4) is 5.75 Å². The van der Waals surface area contributed by atoms with Gasteiger partial charge < -0.3 is 10.1 Å². The maximum absolute atomic E-state index is 11.8. The third-order valence-corrected chi connectivity index (χ3v) is 2.87. The van der Waals surface area contributed by atoms with E-state index >= 15 is 0 Å². The summed E-state index contributed by atoms with van der Waals surface area (Å²) in [5.74, 6) is 0.856. The van der Waals surface area contributed by atoms with Crippen molar-refractivity contribution in [3.05, 3.63) is 24.3 Å². The molecule has 0 atom stereocenters. The Morgan fingerprint density at radius 3 is 2.25 bits per heavy atom. The van der Waals surface area contributed by atoms with Gasteiger partial charge in [0.1, 0.15) is 5.75 Å². The topological polar surface area (TPSA) is 41.6 Å². The van der Waals surface area contributed by atoms with Crippen LogP contribution in [0.4, 0.5) is 5.69 Å². The van der Waals surface area contributed by atoms with Crippen LogP contribution in [0, 0.1) is 0 Å². The van der Waals surface area contributed by atoms with Crippen molar-refractivity contribution in [2.45, 2.75) is 27.2 Å². The Labute approximate surface area is 127 Å². The van der Waals surface area contributed by atoms with Crippen LogP contribution in [-0.4, -0.2) is 37.0 Å². The van der Waals surface area contributed by atoms with Crippen molar-refractivity contribution < 1.29 is 9.53 Å². The zero-order valence-corrected chi connectivity index (χ0v) is 13.3. The average Bonchev–Trinajstić information content (AvgIpc) is 2.44. The number of benzene rings is 1. The highest BCUT2D eigenvalue weighted by molar-refractivity contribution is 5.92. The quantitative estimate of drug-likeness (QED) is 0.802. The lowest BCUT2D eigenvalue weighted by Crippen LogP contribution is -2.32. The van der Waals surface area contributed by atoms with Crippen LogP contribution in [0.1, 0.15) is 27.2 Å². The van der Waals surface area contributed by atoms with Crippen LogP contribution < -0.4 is 10.1 Å². The van der Waals surface area contributed by atoms with E-state index in [-0.39, 0.29) is 18.3 Å². The maximum atomic E-state index is 11.8. The van der Waals surface area contributed by atoms with Gasteiger partial charge >= 0.3 is 0 Å². The molecule has 0 aliphatic carbocycles. The summed E-state index contributed by atoms with van der Waals surface area (Å²) in [7, 11) is 0. The van der Waals surface area contributed by atoms with E-state index in [4.69, 9.17) is 4.74 Å². The van der Waals surface area contributed by atoms with E-state index in [0.717, 1.165) is 30.9 Å². The second kappa shape index (κ2) is 10.5. The molecule has 4 nitrogen and oxygen atoms in total. The van der Waals surface area contributed by atoms with Gasteiger partial charge in [-0.05, 0) is 43.8 Å². The molecule has 0 aromatic heterocycles. The minimum Gasteiger partial charge on any atom is -0.494 e.